The molecule has 1 fully saturated rings. The van der Waals surface area contributed by atoms with Gasteiger partial charge in [0.25, 0.3) is 0 Å². The number of carboxylic acid groups (broad SMARTS) is 1. The van der Waals surface area contributed by atoms with E-state index in [0.29, 0.717) is 4.88 Å². The Hall–Kier alpha value is -0.910. The lowest BCUT2D eigenvalue weighted by Gasteiger charge is -2.38. The van der Waals surface area contributed by atoms with Gasteiger partial charge in [-0.15, -0.1) is 11.3 Å². The lowest BCUT2D eigenvalue weighted by molar-refractivity contribution is -0.0882. The van der Waals surface area contributed by atoms with E-state index in [1.165, 1.54) is 11.3 Å². The third-order valence-electron chi connectivity index (χ3n) is 3.13. The summed E-state index contributed by atoms with van der Waals surface area (Å²) in [5, 5.41) is 8.99. The molecule has 1 aliphatic heterocycles. The van der Waals surface area contributed by atoms with E-state index in [4.69, 9.17) is 9.84 Å². The number of ether oxygens (including phenoxy) is 1. The number of hydrogen-bond acceptors (Lipinski definition) is 4. The molecule has 1 aromatic heterocycles. The van der Waals surface area contributed by atoms with Crippen LogP contribution in [0.25, 0.3) is 0 Å². The number of morpholine rings is 1. The number of aromatic carboxylic acids is 1. The van der Waals surface area contributed by atoms with Gasteiger partial charge < -0.3 is 9.84 Å². The van der Waals surface area contributed by atoms with E-state index < -0.39 is 5.97 Å². The van der Waals surface area contributed by atoms with Crippen molar-refractivity contribution in [1.82, 2.24) is 4.90 Å². The van der Waals surface area contributed by atoms with Crippen molar-refractivity contribution < 1.29 is 14.6 Å². The number of rotatable bonds is 3. The number of nitrogens with zero attached hydrogens (tertiary/aromatic N) is 1. The van der Waals surface area contributed by atoms with Gasteiger partial charge in [0, 0.05) is 24.5 Å². The average Bonchev–Trinajstić information content (AvgIpc) is 2.59. The normalized spacial score (nSPS) is 19.9. The largest absolute Gasteiger partial charge is 0.477 e. The molecule has 0 amide bonds. The second-order valence-electron chi connectivity index (χ2n) is 5.32. The van der Waals surface area contributed by atoms with Crippen molar-refractivity contribution in [3.63, 3.8) is 0 Å². The molecule has 4 nitrogen and oxygen atoms in total. The minimum Gasteiger partial charge on any atom is -0.477 e. The summed E-state index contributed by atoms with van der Waals surface area (Å²) in [6, 6.07) is 1.80. The Balaban J connectivity index is 2.07. The van der Waals surface area contributed by atoms with E-state index in [1.54, 1.807) is 6.07 Å². The molecule has 18 heavy (non-hydrogen) atoms. The topological polar surface area (TPSA) is 49.8 Å². The van der Waals surface area contributed by atoms with Crippen LogP contribution in [0.2, 0.25) is 0 Å². The molecule has 0 unspecified atom stereocenters. The lowest BCUT2D eigenvalue weighted by Crippen LogP contribution is -2.47. The number of aryl methyl sites for hydroxylation is 1. The van der Waals surface area contributed by atoms with Crippen LogP contribution in [0.4, 0.5) is 0 Å². The summed E-state index contributed by atoms with van der Waals surface area (Å²) in [6.45, 7) is 9.48. The zero-order chi connectivity index (χ0) is 13.3. The maximum absolute atomic E-state index is 10.9. The van der Waals surface area contributed by atoms with Crippen LogP contribution in [0.3, 0.4) is 0 Å². The molecular weight excluding hydrogens is 250 g/mol. The highest BCUT2D eigenvalue weighted by Crippen LogP contribution is 2.25. The zero-order valence-corrected chi connectivity index (χ0v) is 11.8. The fraction of sp³-hybridized carbons (Fsp3) is 0.615. The molecule has 0 aromatic carbocycles. The number of hydrogen-bond donors (Lipinski definition) is 1. The van der Waals surface area contributed by atoms with Crippen LogP contribution in [0.1, 0.15) is 34.0 Å². The molecule has 1 aliphatic rings. The maximum Gasteiger partial charge on any atom is 0.345 e. The molecule has 0 atom stereocenters. The highest BCUT2D eigenvalue weighted by molar-refractivity contribution is 7.14. The Bertz CT molecular complexity index is 453. The average molecular weight is 269 g/mol. The molecule has 5 heteroatoms. The zero-order valence-electron chi connectivity index (χ0n) is 11.0. The van der Waals surface area contributed by atoms with Crippen molar-refractivity contribution in [3.05, 3.63) is 21.4 Å². The minimum absolute atomic E-state index is 0.113. The fourth-order valence-corrected chi connectivity index (χ4v) is 3.15. The molecular formula is C13H19NO3S. The standard InChI is InChI=1S/C13H19NO3S/c1-9-10(6-11(18-9)12(15)16)7-14-4-5-17-13(2,3)8-14/h6H,4-5,7-8H2,1-3H3,(H,15,16). The Morgan fingerprint density at radius 1 is 1.61 bits per heavy atom. The van der Waals surface area contributed by atoms with Crippen molar-refractivity contribution in [3.8, 4) is 0 Å². The Kier molecular flexibility index (Phi) is 3.75. The van der Waals surface area contributed by atoms with Crippen molar-refractivity contribution in [2.24, 2.45) is 0 Å². The van der Waals surface area contributed by atoms with Crippen molar-refractivity contribution >= 4 is 17.3 Å². The predicted octanol–water partition coefficient (Wildman–Crippen LogP) is 2.37. The molecule has 0 aliphatic carbocycles. The SMILES string of the molecule is Cc1sc(C(=O)O)cc1CN1CCOC(C)(C)C1. The van der Waals surface area contributed by atoms with Gasteiger partial charge in [-0.1, -0.05) is 0 Å². The monoisotopic (exact) mass is 269 g/mol. The van der Waals surface area contributed by atoms with Gasteiger partial charge in [-0.25, -0.2) is 4.79 Å². The summed E-state index contributed by atoms with van der Waals surface area (Å²) in [4.78, 5) is 14.8. The number of carboxylic acids is 1. The summed E-state index contributed by atoms with van der Waals surface area (Å²) in [5.41, 5.74) is 1.01. The Morgan fingerprint density at radius 3 is 2.89 bits per heavy atom. The van der Waals surface area contributed by atoms with Crippen molar-refractivity contribution in [1.29, 1.82) is 0 Å². The lowest BCUT2D eigenvalue weighted by atomic mass is 10.1. The van der Waals surface area contributed by atoms with Crippen LogP contribution in [0.15, 0.2) is 6.07 Å². The molecule has 1 saturated heterocycles. The Morgan fingerprint density at radius 2 is 2.33 bits per heavy atom. The predicted molar refractivity (Wildman–Crippen MR) is 71.3 cm³/mol. The van der Waals surface area contributed by atoms with E-state index in [0.717, 1.165) is 36.7 Å². The van der Waals surface area contributed by atoms with Crippen LogP contribution in [-0.4, -0.2) is 41.3 Å². The van der Waals surface area contributed by atoms with Crippen LogP contribution in [0, 0.1) is 6.92 Å². The van der Waals surface area contributed by atoms with Crippen LogP contribution in [0.5, 0.6) is 0 Å². The van der Waals surface area contributed by atoms with E-state index in [1.807, 2.05) is 6.92 Å². The molecule has 0 spiro atoms. The molecule has 1 N–H and O–H groups in total. The summed E-state index contributed by atoms with van der Waals surface area (Å²) < 4.78 is 5.67. The van der Waals surface area contributed by atoms with Gasteiger partial charge in [-0.05, 0) is 32.4 Å². The second-order valence-corrected chi connectivity index (χ2v) is 6.57. The van der Waals surface area contributed by atoms with E-state index in [-0.39, 0.29) is 5.60 Å². The molecule has 0 radical (unpaired) electrons. The molecule has 0 bridgehead atoms. The molecule has 1 aromatic rings. The molecule has 2 rings (SSSR count). The quantitative estimate of drug-likeness (QED) is 0.915. The van der Waals surface area contributed by atoms with Crippen LogP contribution >= 0.6 is 11.3 Å². The fourth-order valence-electron chi connectivity index (χ4n) is 2.27. The Labute approximate surface area is 111 Å². The van der Waals surface area contributed by atoms with Gasteiger partial charge in [-0.3, -0.25) is 4.90 Å². The van der Waals surface area contributed by atoms with Crippen molar-refractivity contribution in [2.75, 3.05) is 19.7 Å². The van der Waals surface area contributed by atoms with Gasteiger partial charge in [0.05, 0.1) is 12.2 Å². The summed E-state index contributed by atoms with van der Waals surface area (Å²) in [6.07, 6.45) is 0. The van der Waals surface area contributed by atoms with Crippen LogP contribution in [-0.2, 0) is 11.3 Å². The minimum atomic E-state index is -0.836. The van der Waals surface area contributed by atoms with E-state index >= 15 is 0 Å². The molecule has 0 saturated carbocycles. The summed E-state index contributed by atoms with van der Waals surface area (Å²) >= 11 is 1.35. The third-order valence-corrected chi connectivity index (χ3v) is 4.21. The highest BCUT2D eigenvalue weighted by Gasteiger charge is 2.27. The maximum atomic E-state index is 10.9. The third kappa shape index (κ3) is 3.10. The smallest absolute Gasteiger partial charge is 0.345 e. The van der Waals surface area contributed by atoms with Crippen LogP contribution < -0.4 is 0 Å². The van der Waals surface area contributed by atoms with Gasteiger partial charge in [-0.2, -0.15) is 0 Å². The second kappa shape index (κ2) is 4.99. The number of thiophene rings is 1. The first-order chi connectivity index (χ1) is 8.37. The first-order valence-electron chi connectivity index (χ1n) is 6.06. The van der Waals surface area contributed by atoms with Gasteiger partial charge in [0.2, 0.25) is 0 Å². The first-order valence-corrected chi connectivity index (χ1v) is 6.88. The van der Waals surface area contributed by atoms with Gasteiger partial charge in [0.15, 0.2) is 0 Å². The highest BCUT2D eigenvalue weighted by atomic mass is 32.1. The van der Waals surface area contributed by atoms with E-state index in [9.17, 15) is 4.79 Å². The molecule has 100 valence electrons. The molecule has 2 heterocycles. The van der Waals surface area contributed by atoms with Crippen molar-refractivity contribution in [2.45, 2.75) is 32.9 Å². The summed E-state index contributed by atoms with van der Waals surface area (Å²) in [5.74, 6) is -0.836. The van der Waals surface area contributed by atoms with Gasteiger partial charge >= 0.3 is 5.97 Å². The summed E-state index contributed by atoms with van der Waals surface area (Å²) in [7, 11) is 0. The number of carbonyl (C=O) groups is 1. The van der Waals surface area contributed by atoms with E-state index in [2.05, 4.69) is 18.7 Å². The first kappa shape index (κ1) is 13.5. The van der Waals surface area contributed by atoms with Gasteiger partial charge in [0.1, 0.15) is 4.88 Å².